The predicted molar refractivity (Wildman–Crippen MR) is 71.7 cm³/mol. The van der Waals surface area contributed by atoms with Crippen LogP contribution >= 0.6 is 0 Å². The molecule has 0 heterocycles. The summed E-state index contributed by atoms with van der Waals surface area (Å²) < 4.78 is 5.10. The maximum atomic E-state index is 11.8. The van der Waals surface area contributed by atoms with Gasteiger partial charge in [0.2, 0.25) is 0 Å². The average molecular weight is 247 g/mol. The molecule has 3 nitrogen and oxygen atoms in total. The van der Waals surface area contributed by atoms with Gasteiger partial charge in [-0.1, -0.05) is 12.1 Å². The highest BCUT2D eigenvalue weighted by atomic mass is 16.5. The largest absolute Gasteiger partial charge is 0.497 e. The predicted octanol–water partition coefficient (Wildman–Crippen LogP) is 2.47. The minimum Gasteiger partial charge on any atom is -0.497 e. The molecule has 1 fully saturated rings. The van der Waals surface area contributed by atoms with E-state index in [1.54, 1.807) is 7.11 Å². The third-order valence-electron chi connectivity index (χ3n) is 3.75. The zero-order chi connectivity index (χ0) is 13.0. The number of carbonyl (C=O) groups excluding carboxylic acids is 1. The molecule has 1 aromatic carbocycles. The molecule has 18 heavy (non-hydrogen) atoms. The smallest absolute Gasteiger partial charge is 0.135 e. The summed E-state index contributed by atoms with van der Waals surface area (Å²) in [5.41, 5.74) is 7.06. The van der Waals surface area contributed by atoms with Crippen LogP contribution in [0.5, 0.6) is 5.75 Å². The molecule has 98 valence electrons. The molecule has 3 heteroatoms. The van der Waals surface area contributed by atoms with Crippen molar-refractivity contribution in [2.24, 2.45) is 5.73 Å². The van der Waals surface area contributed by atoms with Crippen molar-refractivity contribution in [1.82, 2.24) is 0 Å². The lowest BCUT2D eigenvalue weighted by Crippen LogP contribution is -2.48. The molecule has 2 rings (SSSR count). The molecule has 1 saturated carbocycles. The lowest BCUT2D eigenvalue weighted by Gasteiger charge is -2.37. The fraction of sp³-hybridized carbons (Fsp3) is 0.533. The first-order chi connectivity index (χ1) is 8.61. The van der Waals surface area contributed by atoms with Gasteiger partial charge in [-0.05, 0) is 43.4 Å². The highest BCUT2D eigenvalue weighted by molar-refractivity contribution is 5.80. The second-order valence-electron chi connectivity index (χ2n) is 5.28. The summed E-state index contributed by atoms with van der Waals surface area (Å²) in [6, 6.07) is 7.87. The molecular formula is C15H21NO2. The average Bonchev–Trinajstić information content (AvgIpc) is 2.35. The van der Waals surface area contributed by atoms with Gasteiger partial charge in [0, 0.05) is 18.4 Å². The molecule has 2 N–H and O–H groups in total. The Labute approximate surface area is 108 Å². The van der Waals surface area contributed by atoms with Gasteiger partial charge in [0.15, 0.2) is 0 Å². The molecule has 1 aliphatic rings. The number of rotatable bonds is 6. The minimum absolute atomic E-state index is 0.184. The number of benzene rings is 1. The molecule has 0 aliphatic heterocycles. The van der Waals surface area contributed by atoms with Crippen LogP contribution in [0, 0.1) is 0 Å². The first kappa shape index (κ1) is 13.1. The summed E-state index contributed by atoms with van der Waals surface area (Å²) in [5, 5.41) is 0. The molecule has 0 unspecified atom stereocenters. The Kier molecular flexibility index (Phi) is 4.02. The van der Waals surface area contributed by atoms with E-state index in [4.69, 9.17) is 10.5 Å². The van der Waals surface area contributed by atoms with E-state index >= 15 is 0 Å². The topological polar surface area (TPSA) is 52.3 Å². The molecule has 0 saturated heterocycles. The third kappa shape index (κ3) is 3.33. The molecule has 0 spiro atoms. The van der Waals surface area contributed by atoms with Crippen LogP contribution in [0.2, 0.25) is 0 Å². The molecule has 0 atom stereocenters. The number of nitrogens with two attached hydrogens (primary N) is 1. The fourth-order valence-electron chi connectivity index (χ4n) is 2.36. The SMILES string of the molecule is COc1ccc(CCC(=O)CC2(N)CCC2)cc1. The maximum absolute atomic E-state index is 11.8. The number of methoxy groups -OCH3 is 1. The fourth-order valence-corrected chi connectivity index (χ4v) is 2.36. The van der Waals surface area contributed by atoms with Crippen LogP contribution in [0.3, 0.4) is 0 Å². The normalized spacial score (nSPS) is 17.0. The molecule has 0 bridgehead atoms. The lowest BCUT2D eigenvalue weighted by atomic mass is 9.74. The van der Waals surface area contributed by atoms with Crippen LogP contribution in [0.25, 0.3) is 0 Å². The van der Waals surface area contributed by atoms with E-state index in [0.29, 0.717) is 12.8 Å². The number of aryl methyl sites for hydroxylation is 1. The number of carbonyl (C=O) groups is 1. The van der Waals surface area contributed by atoms with Crippen molar-refractivity contribution in [3.05, 3.63) is 29.8 Å². The number of hydrogen-bond acceptors (Lipinski definition) is 3. The van der Waals surface area contributed by atoms with E-state index in [0.717, 1.165) is 25.0 Å². The van der Waals surface area contributed by atoms with Crippen molar-refractivity contribution in [2.45, 2.75) is 44.1 Å². The van der Waals surface area contributed by atoms with Gasteiger partial charge in [0.1, 0.15) is 11.5 Å². The molecule has 1 aromatic rings. The Bertz CT molecular complexity index is 407. The molecule has 1 aliphatic carbocycles. The second kappa shape index (κ2) is 5.53. The van der Waals surface area contributed by atoms with Gasteiger partial charge in [0.25, 0.3) is 0 Å². The number of ketones is 1. The Morgan fingerprint density at radius 3 is 2.50 bits per heavy atom. The van der Waals surface area contributed by atoms with Crippen molar-refractivity contribution >= 4 is 5.78 Å². The van der Waals surface area contributed by atoms with Gasteiger partial charge in [-0.2, -0.15) is 0 Å². The summed E-state index contributed by atoms with van der Waals surface area (Å²) in [4.78, 5) is 11.8. The van der Waals surface area contributed by atoms with Gasteiger partial charge in [-0.15, -0.1) is 0 Å². The van der Waals surface area contributed by atoms with Gasteiger partial charge in [-0.3, -0.25) is 4.79 Å². The van der Waals surface area contributed by atoms with Crippen molar-refractivity contribution in [1.29, 1.82) is 0 Å². The van der Waals surface area contributed by atoms with Crippen molar-refractivity contribution in [3.8, 4) is 5.75 Å². The lowest BCUT2D eigenvalue weighted by molar-refractivity contribution is -0.120. The van der Waals surface area contributed by atoms with E-state index in [1.165, 1.54) is 12.0 Å². The van der Waals surface area contributed by atoms with E-state index in [9.17, 15) is 4.79 Å². The van der Waals surface area contributed by atoms with Crippen LogP contribution in [0.1, 0.15) is 37.7 Å². The summed E-state index contributed by atoms with van der Waals surface area (Å²) in [5.74, 6) is 1.13. The van der Waals surface area contributed by atoms with Crippen LogP contribution in [0.4, 0.5) is 0 Å². The Morgan fingerprint density at radius 1 is 1.33 bits per heavy atom. The van der Waals surface area contributed by atoms with Crippen LogP contribution in [-0.2, 0) is 11.2 Å². The first-order valence-corrected chi connectivity index (χ1v) is 6.55. The van der Waals surface area contributed by atoms with Crippen molar-refractivity contribution < 1.29 is 9.53 Å². The highest BCUT2D eigenvalue weighted by Gasteiger charge is 2.34. The van der Waals surface area contributed by atoms with Gasteiger partial charge < -0.3 is 10.5 Å². The van der Waals surface area contributed by atoms with Gasteiger partial charge in [-0.25, -0.2) is 0 Å². The summed E-state index contributed by atoms with van der Waals surface area (Å²) in [7, 11) is 1.65. The Hall–Kier alpha value is -1.35. The summed E-state index contributed by atoms with van der Waals surface area (Å²) >= 11 is 0. The minimum atomic E-state index is -0.184. The Morgan fingerprint density at radius 2 is 2.00 bits per heavy atom. The highest BCUT2D eigenvalue weighted by Crippen LogP contribution is 2.32. The second-order valence-corrected chi connectivity index (χ2v) is 5.28. The van der Waals surface area contributed by atoms with E-state index in [1.807, 2.05) is 24.3 Å². The van der Waals surface area contributed by atoms with Crippen LogP contribution in [-0.4, -0.2) is 18.4 Å². The standard InChI is InChI=1S/C15H21NO2/c1-18-14-7-4-12(5-8-14)3-6-13(17)11-15(16)9-2-10-15/h4-5,7-8H,2-3,6,9-11,16H2,1H3. The van der Waals surface area contributed by atoms with E-state index in [-0.39, 0.29) is 11.3 Å². The van der Waals surface area contributed by atoms with Crippen LogP contribution < -0.4 is 10.5 Å². The quantitative estimate of drug-likeness (QED) is 0.840. The zero-order valence-electron chi connectivity index (χ0n) is 10.9. The van der Waals surface area contributed by atoms with Crippen molar-refractivity contribution in [2.75, 3.05) is 7.11 Å². The number of Topliss-reactive ketones (excluding diaryl/α,β-unsaturated/α-hetero) is 1. The maximum Gasteiger partial charge on any atom is 0.135 e. The summed E-state index contributed by atoms with van der Waals surface area (Å²) in [6.07, 6.45) is 5.10. The zero-order valence-corrected chi connectivity index (χ0v) is 10.9. The van der Waals surface area contributed by atoms with Gasteiger partial charge >= 0.3 is 0 Å². The number of ether oxygens (including phenoxy) is 1. The van der Waals surface area contributed by atoms with Crippen LogP contribution in [0.15, 0.2) is 24.3 Å². The van der Waals surface area contributed by atoms with Crippen molar-refractivity contribution in [3.63, 3.8) is 0 Å². The van der Waals surface area contributed by atoms with Gasteiger partial charge in [0.05, 0.1) is 7.11 Å². The summed E-state index contributed by atoms with van der Waals surface area (Å²) in [6.45, 7) is 0. The molecule has 0 aromatic heterocycles. The Balaban J connectivity index is 1.78. The molecule has 0 radical (unpaired) electrons. The first-order valence-electron chi connectivity index (χ1n) is 6.55. The van der Waals surface area contributed by atoms with E-state index in [2.05, 4.69) is 0 Å². The monoisotopic (exact) mass is 247 g/mol. The molecular weight excluding hydrogens is 226 g/mol. The van der Waals surface area contributed by atoms with E-state index < -0.39 is 0 Å². The molecule has 0 amide bonds. The number of hydrogen-bond donors (Lipinski definition) is 1. The third-order valence-corrected chi connectivity index (χ3v) is 3.75.